The fourth-order valence-corrected chi connectivity index (χ4v) is 5.47. The first-order valence-corrected chi connectivity index (χ1v) is 12.3. The zero-order chi connectivity index (χ0) is 23.3. The first-order chi connectivity index (χ1) is 15.3. The molecule has 7 nitrogen and oxygen atoms in total. The molecule has 0 aromatic heterocycles. The lowest BCUT2D eigenvalue weighted by atomic mass is 9.94. The van der Waals surface area contributed by atoms with Crippen LogP contribution < -0.4 is 13.8 Å². The summed E-state index contributed by atoms with van der Waals surface area (Å²) in [6.07, 6.45) is 5.27. The van der Waals surface area contributed by atoms with Gasteiger partial charge in [0.15, 0.2) is 11.5 Å². The predicted octanol–water partition coefficient (Wildman–Crippen LogP) is 4.00. The number of ether oxygens (including phenoxy) is 2. The molecule has 0 unspecified atom stereocenters. The van der Waals surface area contributed by atoms with Crippen LogP contribution in [0.1, 0.15) is 37.7 Å². The molecule has 1 saturated carbocycles. The van der Waals surface area contributed by atoms with Gasteiger partial charge in [0.25, 0.3) is 10.0 Å². The summed E-state index contributed by atoms with van der Waals surface area (Å²) < 4.78 is 39.1. The molecule has 32 heavy (non-hydrogen) atoms. The first-order valence-electron chi connectivity index (χ1n) is 10.8. The molecule has 0 radical (unpaired) electrons. The summed E-state index contributed by atoms with van der Waals surface area (Å²) in [4.78, 5) is 14.9. The fourth-order valence-electron chi connectivity index (χ4n) is 4.04. The van der Waals surface area contributed by atoms with Crippen LogP contribution in [0, 0.1) is 6.92 Å². The highest BCUT2D eigenvalue weighted by Crippen LogP contribution is 2.32. The lowest BCUT2D eigenvalue weighted by Gasteiger charge is -2.33. The third-order valence-electron chi connectivity index (χ3n) is 6.06. The number of hydrogen-bond acceptors (Lipinski definition) is 5. The average molecular weight is 461 g/mol. The summed E-state index contributed by atoms with van der Waals surface area (Å²) in [6.45, 7) is 1.66. The molecule has 0 N–H and O–H groups in total. The highest BCUT2D eigenvalue weighted by molar-refractivity contribution is 7.92. The molecule has 3 rings (SSSR count). The average Bonchev–Trinajstić information content (AvgIpc) is 2.82. The number of likely N-dealkylation sites (N-methyl/N-ethyl adjacent to an activating group) is 1. The minimum Gasteiger partial charge on any atom is -0.493 e. The molecule has 0 bridgehead atoms. The zero-order valence-corrected chi connectivity index (χ0v) is 20.0. The molecule has 0 saturated heterocycles. The van der Waals surface area contributed by atoms with Crippen LogP contribution >= 0.6 is 0 Å². The van der Waals surface area contributed by atoms with Gasteiger partial charge in [0.2, 0.25) is 5.91 Å². The van der Waals surface area contributed by atoms with Crippen molar-refractivity contribution in [2.75, 3.05) is 32.1 Å². The van der Waals surface area contributed by atoms with Gasteiger partial charge in [-0.15, -0.1) is 0 Å². The highest BCUT2D eigenvalue weighted by Gasteiger charge is 2.31. The SMILES string of the molecule is COc1ccc(S(=O)(=O)N(CC(=O)N(C)C2CCCCC2)c2ccc(C)cc2)cc1OC. The Labute approximate surface area is 191 Å². The second-order valence-electron chi connectivity index (χ2n) is 8.16. The van der Waals surface area contributed by atoms with Gasteiger partial charge in [0.1, 0.15) is 6.54 Å². The molecule has 0 spiro atoms. The summed E-state index contributed by atoms with van der Waals surface area (Å²) in [7, 11) is 0.682. The van der Waals surface area contributed by atoms with Crippen LogP contribution in [-0.2, 0) is 14.8 Å². The minimum atomic E-state index is -4.03. The molecule has 0 aliphatic heterocycles. The number of aryl methyl sites for hydroxylation is 1. The Balaban J connectivity index is 1.97. The number of methoxy groups -OCH3 is 2. The molecule has 1 amide bonds. The van der Waals surface area contributed by atoms with E-state index in [1.165, 1.54) is 37.1 Å². The Morgan fingerprint density at radius 3 is 2.19 bits per heavy atom. The van der Waals surface area contributed by atoms with E-state index < -0.39 is 10.0 Å². The lowest BCUT2D eigenvalue weighted by Crippen LogP contribution is -2.45. The monoisotopic (exact) mass is 460 g/mol. The van der Waals surface area contributed by atoms with Gasteiger partial charge in [-0.2, -0.15) is 0 Å². The molecule has 8 heteroatoms. The van der Waals surface area contributed by atoms with Gasteiger partial charge in [-0.05, 0) is 44.0 Å². The van der Waals surface area contributed by atoms with E-state index >= 15 is 0 Å². The number of amides is 1. The van der Waals surface area contributed by atoms with E-state index in [1.807, 2.05) is 19.1 Å². The third-order valence-corrected chi connectivity index (χ3v) is 7.83. The number of sulfonamides is 1. The molecule has 174 valence electrons. The maximum absolute atomic E-state index is 13.7. The number of nitrogens with zero attached hydrogens (tertiary/aromatic N) is 2. The molecular weight excluding hydrogens is 428 g/mol. The number of anilines is 1. The number of carbonyl (C=O) groups is 1. The van der Waals surface area contributed by atoms with Crippen LogP contribution in [0.3, 0.4) is 0 Å². The van der Waals surface area contributed by atoms with Crippen molar-refractivity contribution in [2.24, 2.45) is 0 Å². The Morgan fingerprint density at radius 1 is 0.969 bits per heavy atom. The smallest absolute Gasteiger partial charge is 0.264 e. The van der Waals surface area contributed by atoms with E-state index in [2.05, 4.69) is 0 Å². The largest absolute Gasteiger partial charge is 0.493 e. The Kier molecular flexibility index (Phi) is 7.66. The van der Waals surface area contributed by atoms with Crippen LogP contribution in [0.5, 0.6) is 11.5 Å². The molecule has 1 aliphatic carbocycles. The van der Waals surface area contributed by atoms with Crippen LogP contribution in [0.15, 0.2) is 47.4 Å². The molecule has 2 aromatic carbocycles. The van der Waals surface area contributed by atoms with Crippen molar-refractivity contribution in [2.45, 2.75) is 50.0 Å². The summed E-state index contributed by atoms with van der Waals surface area (Å²) in [6, 6.07) is 11.7. The highest BCUT2D eigenvalue weighted by atomic mass is 32.2. The molecule has 2 aromatic rings. The topological polar surface area (TPSA) is 76.2 Å². The molecule has 0 atom stereocenters. The number of benzene rings is 2. The second kappa shape index (κ2) is 10.3. The van der Waals surface area contributed by atoms with Crippen LogP contribution in [0.4, 0.5) is 5.69 Å². The summed E-state index contributed by atoms with van der Waals surface area (Å²) in [5.41, 5.74) is 1.44. The van der Waals surface area contributed by atoms with Crippen LogP contribution in [-0.4, -0.2) is 53.1 Å². The van der Waals surface area contributed by atoms with Gasteiger partial charge < -0.3 is 14.4 Å². The molecule has 0 heterocycles. The first kappa shape index (κ1) is 23.9. The van der Waals surface area contributed by atoms with Gasteiger partial charge in [0.05, 0.1) is 24.8 Å². The van der Waals surface area contributed by atoms with Crippen molar-refractivity contribution in [3.63, 3.8) is 0 Å². The Bertz CT molecular complexity index is 1030. The quantitative estimate of drug-likeness (QED) is 0.595. The zero-order valence-electron chi connectivity index (χ0n) is 19.2. The van der Waals surface area contributed by atoms with Gasteiger partial charge in [-0.3, -0.25) is 9.10 Å². The number of hydrogen-bond donors (Lipinski definition) is 0. The van der Waals surface area contributed by atoms with Crippen molar-refractivity contribution in [1.82, 2.24) is 4.90 Å². The van der Waals surface area contributed by atoms with Gasteiger partial charge in [-0.1, -0.05) is 37.0 Å². The molecule has 1 aliphatic rings. The normalized spacial score (nSPS) is 14.6. The van der Waals surface area contributed by atoms with Crippen LogP contribution in [0.2, 0.25) is 0 Å². The van der Waals surface area contributed by atoms with Gasteiger partial charge in [-0.25, -0.2) is 8.42 Å². The van der Waals surface area contributed by atoms with E-state index in [0.717, 1.165) is 31.2 Å². The van der Waals surface area contributed by atoms with E-state index in [0.29, 0.717) is 17.2 Å². The predicted molar refractivity (Wildman–Crippen MR) is 125 cm³/mol. The maximum atomic E-state index is 13.7. The molecular formula is C24H32N2O5S. The fraction of sp³-hybridized carbons (Fsp3) is 0.458. The van der Waals surface area contributed by atoms with Crippen molar-refractivity contribution >= 4 is 21.6 Å². The van der Waals surface area contributed by atoms with Gasteiger partial charge in [0, 0.05) is 19.2 Å². The molecule has 1 fully saturated rings. The lowest BCUT2D eigenvalue weighted by molar-refractivity contribution is -0.130. The minimum absolute atomic E-state index is 0.0313. The van der Waals surface area contributed by atoms with E-state index in [-0.39, 0.29) is 23.4 Å². The maximum Gasteiger partial charge on any atom is 0.264 e. The van der Waals surface area contributed by atoms with E-state index in [1.54, 1.807) is 30.1 Å². The third kappa shape index (κ3) is 5.18. The van der Waals surface area contributed by atoms with E-state index in [4.69, 9.17) is 9.47 Å². The summed E-state index contributed by atoms with van der Waals surface area (Å²) in [5, 5.41) is 0. The number of rotatable bonds is 8. The van der Waals surface area contributed by atoms with Crippen LogP contribution in [0.25, 0.3) is 0 Å². The summed E-state index contributed by atoms with van der Waals surface area (Å²) >= 11 is 0. The summed E-state index contributed by atoms with van der Waals surface area (Å²) in [5.74, 6) is 0.519. The second-order valence-corrected chi connectivity index (χ2v) is 10.0. The van der Waals surface area contributed by atoms with Crippen molar-refractivity contribution in [3.8, 4) is 11.5 Å². The Morgan fingerprint density at radius 2 is 1.59 bits per heavy atom. The standard InChI is InChI=1S/C24H32N2O5S/c1-18-10-12-20(13-11-18)26(17-24(27)25(2)19-8-6-5-7-9-19)32(28,29)21-14-15-22(30-3)23(16-21)31-4/h10-16,19H,5-9,17H2,1-4H3. The number of carbonyl (C=O) groups excluding carboxylic acids is 1. The van der Waals surface area contributed by atoms with Crippen molar-refractivity contribution in [3.05, 3.63) is 48.0 Å². The van der Waals surface area contributed by atoms with Crippen molar-refractivity contribution in [1.29, 1.82) is 0 Å². The van der Waals surface area contributed by atoms with Gasteiger partial charge >= 0.3 is 0 Å². The van der Waals surface area contributed by atoms with Crippen molar-refractivity contribution < 1.29 is 22.7 Å². The van der Waals surface area contributed by atoms with E-state index in [9.17, 15) is 13.2 Å². The Hall–Kier alpha value is -2.74.